The minimum absolute atomic E-state index is 0.000984. The molecule has 2 aromatic carbocycles. The number of sulfonamides is 2. The van der Waals surface area contributed by atoms with E-state index in [-0.39, 0.29) is 27.4 Å². The Labute approximate surface area is 195 Å². The summed E-state index contributed by atoms with van der Waals surface area (Å²) >= 11 is 6.09. The van der Waals surface area contributed by atoms with Gasteiger partial charge in [0.1, 0.15) is 5.75 Å². The average Bonchev–Trinajstić information content (AvgIpc) is 2.76. The second-order valence-electron chi connectivity index (χ2n) is 7.77. The quantitative estimate of drug-likeness (QED) is 0.515. The third-order valence-electron chi connectivity index (χ3n) is 5.38. The zero-order chi connectivity index (χ0) is 23.2. The molecule has 0 aliphatic heterocycles. The summed E-state index contributed by atoms with van der Waals surface area (Å²) in [5.41, 5.74) is 0.828. The van der Waals surface area contributed by atoms with Gasteiger partial charge in [-0.1, -0.05) is 43.0 Å². The van der Waals surface area contributed by atoms with Crippen LogP contribution < -0.4 is 14.2 Å². The van der Waals surface area contributed by atoms with Gasteiger partial charge in [-0.15, -0.1) is 0 Å². The maximum absolute atomic E-state index is 12.6. The van der Waals surface area contributed by atoms with Gasteiger partial charge in [-0.3, -0.25) is 0 Å². The van der Waals surface area contributed by atoms with E-state index in [0.717, 1.165) is 37.7 Å². The molecule has 1 saturated carbocycles. The van der Waals surface area contributed by atoms with Crippen LogP contribution in [0.15, 0.2) is 52.3 Å². The van der Waals surface area contributed by atoms with Crippen molar-refractivity contribution < 1.29 is 21.6 Å². The molecule has 0 spiro atoms. The summed E-state index contributed by atoms with van der Waals surface area (Å²) in [7, 11) is -7.28. The summed E-state index contributed by atoms with van der Waals surface area (Å²) in [4.78, 5) is 0.276. The van der Waals surface area contributed by atoms with Gasteiger partial charge in [0, 0.05) is 12.6 Å². The van der Waals surface area contributed by atoms with Crippen molar-refractivity contribution in [2.24, 2.45) is 0 Å². The molecule has 0 radical (unpaired) electrons. The van der Waals surface area contributed by atoms with Gasteiger partial charge < -0.3 is 4.74 Å². The van der Waals surface area contributed by atoms with E-state index in [2.05, 4.69) is 9.44 Å². The zero-order valence-corrected chi connectivity index (χ0v) is 20.4. The molecule has 32 heavy (non-hydrogen) atoms. The van der Waals surface area contributed by atoms with Crippen molar-refractivity contribution in [1.29, 1.82) is 0 Å². The summed E-state index contributed by atoms with van der Waals surface area (Å²) in [5.74, 6) is 0.432. The van der Waals surface area contributed by atoms with Crippen LogP contribution in [0.25, 0.3) is 0 Å². The normalized spacial score (nSPS) is 15.6. The molecular weight excluding hydrogens is 472 g/mol. The summed E-state index contributed by atoms with van der Waals surface area (Å²) in [6.07, 6.45) is 5.41. The van der Waals surface area contributed by atoms with Gasteiger partial charge in [-0.05, 0) is 62.1 Å². The van der Waals surface area contributed by atoms with E-state index in [4.69, 9.17) is 16.3 Å². The van der Waals surface area contributed by atoms with Gasteiger partial charge in [-0.2, -0.15) is 0 Å². The SMILES string of the molecule is CCOc1ccc(S(=O)(=O)NCCc2ccc(S(=O)(=O)NC3CCCCC3)cc2)cc1Cl. The molecule has 1 aliphatic rings. The highest BCUT2D eigenvalue weighted by atomic mass is 35.5. The molecule has 0 amide bonds. The minimum Gasteiger partial charge on any atom is -0.492 e. The Morgan fingerprint density at radius 1 is 0.938 bits per heavy atom. The van der Waals surface area contributed by atoms with Crippen molar-refractivity contribution in [3.05, 3.63) is 53.1 Å². The maximum atomic E-state index is 12.6. The number of rotatable bonds is 10. The van der Waals surface area contributed by atoms with E-state index in [9.17, 15) is 16.8 Å². The molecule has 0 aromatic heterocycles. The van der Waals surface area contributed by atoms with E-state index >= 15 is 0 Å². The second-order valence-corrected chi connectivity index (χ2v) is 11.7. The Bertz CT molecular complexity index is 1110. The lowest BCUT2D eigenvalue weighted by Gasteiger charge is -2.22. The van der Waals surface area contributed by atoms with Gasteiger partial charge in [0.25, 0.3) is 0 Å². The van der Waals surface area contributed by atoms with Gasteiger partial charge >= 0.3 is 0 Å². The fourth-order valence-electron chi connectivity index (χ4n) is 3.68. The third kappa shape index (κ3) is 6.68. The summed E-state index contributed by atoms with van der Waals surface area (Å²) in [6.45, 7) is 2.41. The average molecular weight is 501 g/mol. The molecule has 7 nitrogen and oxygen atoms in total. The fourth-order valence-corrected chi connectivity index (χ4v) is 6.34. The number of hydrogen-bond acceptors (Lipinski definition) is 5. The van der Waals surface area contributed by atoms with Crippen molar-refractivity contribution in [3.63, 3.8) is 0 Å². The molecule has 1 fully saturated rings. The molecule has 0 saturated heterocycles. The number of ether oxygens (including phenoxy) is 1. The Hall–Kier alpha value is -1.65. The van der Waals surface area contributed by atoms with Crippen molar-refractivity contribution in [3.8, 4) is 5.75 Å². The molecule has 176 valence electrons. The highest BCUT2D eigenvalue weighted by molar-refractivity contribution is 7.89. The van der Waals surface area contributed by atoms with Crippen molar-refractivity contribution >= 4 is 31.6 Å². The van der Waals surface area contributed by atoms with Gasteiger partial charge in [0.2, 0.25) is 20.0 Å². The van der Waals surface area contributed by atoms with Gasteiger partial charge in [-0.25, -0.2) is 26.3 Å². The van der Waals surface area contributed by atoms with E-state index in [0.29, 0.717) is 18.8 Å². The largest absolute Gasteiger partial charge is 0.492 e. The molecule has 10 heteroatoms. The molecule has 0 bridgehead atoms. The first kappa shape index (κ1) is 25.0. The van der Waals surface area contributed by atoms with Crippen LogP contribution in [0.2, 0.25) is 5.02 Å². The molecule has 0 atom stereocenters. The monoisotopic (exact) mass is 500 g/mol. The topological polar surface area (TPSA) is 102 Å². The Balaban J connectivity index is 1.56. The molecule has 2 N–H and O–H groups in total. The van der Waals surface area contributed by atoms with E-state index in [1.165, 1.54) is 18.2 Å². The molecule has 3 rings (SSSR count). The third-order valence-corrected chi connectivity index (χ3v) is 8.67. The molecule has 0 heterocycles. The first-order chi connectivity index (χ1) is 15.2. The van der Waals surface area contributed by atoms with Crippen molar-refractivity contribution in [2.75, 3.05) is 13.2 Å². The van der Waals surface area contributed by atoms with Gasteiger partial charge in [0.15, 0.2) is 0 Å². The molecule has 0 unspecified atom stereocenters. The van der Waals surface area contributed by atoms with E-state index in [1.807, 2.05) is 6.92 Å². The van der Waals surface area contributed by atoms with E-state index in [1.54, 1.807) is 24.3 Å². The molecule has 1 aliphatic carbocycles. The van der Waals surface area contributed by atoms with Crippen LogP contribution in [0.3, 0.4) is 0 Å². The van der Waals surface area contributed by atoms with Crippen LogP contribution in [0, 0.1) is 0 Å². The zero-order valence-electron chi connectivity index (χ0n) is 18.0. The number of halogens is 1. The first-order valence-corrected chi connectivity index (χ1v) is 14.1. The molecule has 2 aromatic rings. The van der Waals surface area contributed by atoms with Crippen molar-refractivity contribution in [1.82, 2.24) is 9.44 Å². The highest BCUT2D eigenvalue weighted by Crippen LogP contribution is 2.27. The standard InChI is InChI=1S/C22H29ClN2O5S2/c1-2-30-22-13-12-20(16-21(22)23)31(26,27)24-15-14-17-8-10-19(11-9-17)32(28,29)25-18-6-4-3-5-7-18/h8-13,16,18,24-25H,2-7,14-15H2,1H3. The lowest BCUT2D eigenvalue weighted by Crippen LogP contribution is -2.36. The predicted octanol–water partition coefficient (Wildman–Crippen LogP) is 3.87. The Morgan fingerprint density at radius 3 is 2.22 bits per heavy atom. The minimum atomic E-state index is -3.73. The smallest absolute Gasteiger partial charge is 0.240 e. The Kier molecular flexibility index (Phi) is 8.57. The predicted molar refractivity (Wildman–Crippen MR) is 125 cm³/mol. The highest BCUT2D eigenvalue weighted by Gasteiger charge is 2.22. The second kappa shape index (κ2) is 11.0. The summed E-state index contributed by atoms with van der Waals surface area (Å²) < 4.78 is 60.9. The first-order valence-electron chi connectivity index (χ1n) is 10.7. The molecular formula is C22H29ClN2O5S2. The number of hydrogen-bond donors (Lipinski definition) is 2. The van der Waals surface area contributed by atoms with E-state index < -0.39 is 20.0 Å². The van der Waals surface area contributed by atoms with Gasteiger partial charge in [0.05, 0.1) is 21.4 Å². The maximum Gasteiger partial charge on any atom is 0.240 e. The lowest BCUT2D eigenvalue weighted by atomic mass is 9.96. The van der Waals surface area contributed by atoms with Crippen LogP contribution in [-0.4, -0.2) is 36.0 Å². The fraction of sp³-hybridized carbons (Fsp3) is 0.455. The lowest BCUT2D eigenvalue weighted by molar-refractivity contribution is 0.340. The number of nitrogens with one attached hydrogen (secondary N) is 2. The van der Waals surface area contributed by atoms with Crippen LogP contribution in [0.1, 0.15) is 44.6 Å². The van der Waals surface area contributed by atoms with Crippen LogP contribution >= 0.6 is 11.6 Å². The van der Waals surface area contributed by atoms with Crippen LogP contribution in [0.4, 0.5) is 0 Å². The summed E-state index contributed by atoms with van der Waals surface area (Å²) in [6, 6.07) is 10.9. The summed E-state index contributed by atoms with van der Waals surface area (Å²) in [5, 5.41) is 0.230. The Morgan fingerprint density at radius 2 is 1.59 bits per heavy atom. The number of benzene rings is 2. The van der Waals surface area contributed by atoms with Crippen LogP contribution in [-0.2, 0) is 26.5 Å². The van der Waals surface area contributed by atoms with Crippen LogP contribution in [0.5, 0.6) is 5.75 Å². The van der Waals surface area contributed by atoms with Crippen molar-refractivity contribution in [2.45, 2.75) is 61.3 Å².